The lowest BCUT2D eigenvalue weighted by Gasteiger charge is -2.32. The maximum atomic E-state index is 11.1. The molecule has 0 amide bonds. The highest BCUT2D eigenvalue weighted by atomic mass is 16.5. The molecule has 1 unspecified atom stereocenters. The van der Waals surface area contributed by atoms with Crippen LogP contribution in [0, 0.1) is 5.92 Å². The van der Waals surface area contributed by atoms with Crippen molar-refractivity contribution in [1.82, 2.24) is 4.90 Å². The van der Waals surface area contributed by atoms with Gasteiger partial charge in [-0.15, -0.1) is 0 Å². The van der Waals surface area contributed by atoms with Gasteiger partial charge in [-0.25, -0.2) is 0 Å². The number of hydrogen-bond donors (Lipinski definition) is 0. The van der Waals surface area contributed by atoms with E-state index < -0.39 is 0 Å². The molecule has 1 aliphatic heterocycles. The summed E-state index contributed by atoms with van der Waals surface area (Å²) >= 11 is 0. The number of ether oxygens (including phenoxy) is 1. The largest absolute Gasteiger partial charge is 0.380 e. The third-order valence-corrected chi connectivity index (χ3v) is 3.08. The van der Waals surface area contributed by atoms with Crippen LogP contribution in [0.1, 0.15) is 26.7 Å². The van der Waals surface area contributed by atoms with Gasteiger partial charge >= 0.3 is 0 Å². The number of carbonyl (C=O) groups excluding carboxylic acids is 1. The quantitative estimate of drug-likeness (QED) is 0.684. The van der Waals surface area contributed by atoms with Gasteiger partial charge in [0.05, 0.1) is 6.10 Å². The second kappa shape index (κ2) is 5.47. The lowest BCUT2D eigenvalue weighted by Crippen LogP contribution is -2.39. The molecule has 1 heterocycles. The summed E-state index contributed by atoms with van der Waals surface area (Å²) in [5, 5.41) is 0. The maximum Gasteiger partial charge on any atom is 0.133 e. The molecule has 0 aromatic carbocycles. The van der Waals surface area contributed by atoms with Gasteiger partial charge in [-0.3, -0.25) is 4.79 Å². The predicted octanol–water partition coefficient (Wildman–Crippen LogP) is 1.32. The molecule has 1 saturated heterocycles. The number of piperidine rings is 1. The van der Waals surface area contributed by atoms with Crippen LogP contribution in [0.15, 0.2) is 0 Å². The zero-order valence-electron chi connectivity index (χ0n) is 9.45. The number of methoxy groups -OCH3 is 1. The minimum absolute atomic E-state index is 0.295. The summed E-state index contributed by atoms with van der Waals surface area (Å²) < 4.78 is 5.22. The van der Waals surface area contributed by atoms with E-state index in [1.165, 1.54) is 0 Å². The molecule has 0 N–H and O–H groups in total. The van der Waals surface area contributed by atoms with E-state index in [2.05, 4.69) is 11.8 Å². The third kappa shape index (κ3) is 3.39. The first-order chi connectivity index (χ1) is 6.63. The number of nitrogens with zero attached hydrogens (tertiary/aromatic N) is 1. The van der Waals surface area contributed by atoms with Gasteiger partial charge < -0.3 is 9.64 Å². The van der Waals surface area contributed by atoms with Crippen molar-refractivity contribution >= 4 is 5.78 Å². The smallest absolute Gasteiger partial charge is 0.133 e. The molecular formula is C11H21NO2. The molecule has 0 spiro atoms. The van der Waals surface area contributed by atoms with Crippen molar-refractivity contribution in [2.24, 2.45) is 5.92 Å². The van der Waals surface area contributed by atoms with Crippen LogP contribution in [0.5, 0.6) is 0 Å². The Morgan fingerprint density at radius 3 is 2.50 bits per heavy atom. The number of ketones is 1. The van der Waals surface area contributed by atoms with Crippen molar-refractivity contribution in [2.75, 3.05) is 26.7 Å². The molecule has 0 saturated carbocycles. The van der Waals surface area contributed by atoms with Crippen LogP contribution in [0.4, 0.5) is 0 Å². The fourth-order valence-corrected chi connectivity index (χ4v) is 1.96. The van der Waals surface area contributed by atoms with Crippen molar-refractivity contribution in [3.8, 4) is 0 Å². The van der Waals surface area contributed by atoms with Gasteiger partial charge in [-0.05, 0) is 39.8 Å². The van der Waals surface area contributed by atoms with E-state index in [1.807, 2.05) is 0 Å². The van der Waals surface area contributed by atoms with E-state index in [0.717, 1.165) is 32.5 Å². The zero-order chi connectivity index (χ0) is 10.6. The molecule has 0 aromatic heterocycles. The summed E-state index contributed by atoms with van der Waals surface area (Å²) in [4.78, 5) is 13.5. The average Bonchev–Trinajstić information content (AvgIpc) is 2.18. The number of likely N-dealkylation sites (tertiary alicyclic amines) is 1. The first-order valence-electron chi connectivity index (χ1n) is 5.39. The highest BCUT2D eigenvalue weighted by Crippen LogP contribution is 2.18. The van der Waals surface area contributed by atoms with Crippen LogP contribution < -0.4 is 0 Å². The maximum absolute atomic E-state index is 11.1. The SMILES string of the molecule is COC(C)CN1CCC(C(C)=O)CC1. The van der Waals surface area contributed by atoms with Crippen molar-refractivity contribution in [3.63, 3.8) is 0 Å². The van der Waals surface area contributed by atoms with Gasteiger partial charge in [-0.2, -0.15) is 0 Å². The minimum Gasteiger partial charge on any atom is -0.380 e. The van der Waals surface area contributed by atoms with Crippen molar-refractivity contribution in [1.29, 1.82) is 0 Å². The van der Waals surface area contributed by atoms with Gasteiger partial charge in [0.1, 0.15) is 5.78 Å². The number of Topliss-reactive ketones (excluding diaryl/α,β-unsaturated/α-hetero) is 1. The molecule has 3 heteroatoms. The van der Waals surface area contributed by atoms with Gasteiger partial charge in [0.2, 0.25) is 0 Å². The molecule has 1 atom stereocenters. The second-order valence-electron chi connectivity index (χ2n) is 4.23. The first-order valence-corrected chi connectivity index (χ1v) is 5.39. The van der Waals surface area contributed by atoms with Gasteiger partial charge in [0, 0.05) is 19.6 Å². The summed E-state index contributed by atoms with van der Waals surface area (Å²) in [5.74, 6) is 0.661. The normalized spacial score (nSPS) is 22.2. The average molecular weight is 199 g/mol. The van der Waals surface area contributed by atoms with E-state index in [9.17, 15) is 4.79 Å². The van der Waals surface area contributed by atoms with Crippen LogP contribution in [-0.4, -0.2) is 43.5 Å². The fourth-order valence-electron chi connectivity index (χ4n) is 1.96. The molecule has 3 nitrogen and oxygen atoms in total. The molecule has 0 radical (unpaired) electrons. The van der Waals surface area contributed by atoms with Gasteiger partial charge in [0.15, 0.2) is 0 Å². The first kappa shape index (κ1) is 11.7. The standard InChI is InChI=1S/C11H21NO2/c1-9(14-3)8-12-6-4-11(5-7-12)10(2)13/h9,11H,4-8H2,1-3H3. The summed E-state index contributed by atoms with van der Waals surface area (Å²) in [6.07, 6.45) is 2.33. The number of rotatable bonds is 4. The Morgan fingerprint density at radius 1 is 1.50 bits per heavy atom. The minimum atomic E-state index is 0.295. The Labute approximate surface area is 86.4 Å². The van der Waals surface area contributed by atoms with Crippen LogP contribution in [0.2, 0.25) is 0 Å². The summed E-state index contributed by atoms with van der Waals surface area (Å²) in [6.45, 7) is 6.85. The van der Waals surface area contributed by atoms with E-state index in [0.29, 0.717) is 17.8 Å². The molecular weight excluding hydrogens is 178 g/mol. The lowest BCUT2D eigenvalue weighted by molar-refractivity contribution is -0.122. The highest BCUT2D eigenvalue weighted by Gasteiger charge is 2.22. The molecule has 1 fully saturated rings. The Hall–Kier alpha value is -0.410. The Bertz CT molecular complexity index is 186. The van der Waals surface area contributed by atoms with Crippen LogP contribution >= 0.6 is 0 Å². The number of hydrogen-bond acceptors (Lipinski definition) is 3. The van der Waals surface area contributed by atoms with Gasteiger partial charge in [-0.1, -0.05) is 0 Å². The highest BCUT2D eigenvalue weighted by molar-refractivity contribution is 5.78. The van der Waals surface area contributed by atoms with Crippen molar-refractivity contribution < 1.29 is 9.53 Å². The zero-order valence-corrected chi connectivity index (χ0v) is 9.45. The third-order valence-electron chi connectivity index (χ3n) is 3.08. The predicted molar refractivity (Wildman–Crippen MR) is 56.3 cm³/mol. The molecule has 0 aromatic rings. The van der Waals surface area contributed by atoms with E-state index in [1.54, 1.807) is 14.0 Å². The molecule has 0 aliphatic carbocycles. The lowest BCUT2D eigenvalue weighted by atomic mass is 9.93. The Morgan fingerprint density at radius 2 is 2.07 bits per heavy atom. The van der Waals surface area contributed by atoms with E-state index >= 15 is 0 Å². The second-order valence-corrected chi connectivity index (χ2v) is 4.23. The van der Waals surface area contributed by atoms with Crippen LogP contribution in [0.3, 0.4) is 0 Å². The topological polar surface area (TPSA) is 29.5 Å². The molecule has 14 heavy (non-hydrogen) atoms. The van der Waals surface area contributed by atoms with Crippen LogP contribution in [-0.2, 0) is 9.53 Å². The molecule has 0 bridgehead atoms. The monoisotopic (exact) mass is 199 g/mol. The van der Waals surface area contributed by atoms with E-state index in [4.69, 9.17) is 4.74 Å². The Kier molecular flexibility index (Phi) is 4.55. The fraction of sp³-hybridized carbons (Fsp3) is 0.909. The molecule has 1 aliphatic rings. The molecule has 1 rings (SSSR count). The summed E-state index contributed by atoms with van der Waals surface area (Å²) in [7, 11) is 1.74. The van der Waals surface area contributed by atoms with Crippen molar-refractivity contribution in [2.45, 2.75) is 32.8 Å². The molecule has 82 valence electrons. The van der Waals surface area contributed by atoms with E-state index in [-0.39, 0.29) is 0 Å². The van der Waals surface area contributed by atoms with Crippen molar-refractivity contribution in [3.05, 3.63) is 0 Å². The van der Waals surface area contributed by atoms with Gasteiger partial charge in [0.25, 0.3) is 0 Å². The number of carbonyl (C=O) groups is 1. The Balaban J connectivity index is 2.25. The summed E-state index contributed by atoms with van der Waals surface area (Å²) in [5.41, 5.74) is 0. The summed E-state index contributed by atoms with van der Waals surface area (Å²) in [6, 6.07) is 0. The van der Waals surface area contributed by atoms with Crippen LogP contribution in [0.25, 0.3) is 0 Å².